The Morgan fingerprint density at radius 3 is 1.65 bits per heavy atom. The molecule has 0 atom stereocenters. The summed E-state index contributed by atoms with van der Waals surface area (Å²) in [7, 11) is 4.24. The lowest BCUT2D eigenvalue weighted by atomic mass is 10.0. The van der Waals surface area contributed by atoms with Crippen LogP contribution in [-0.4, -0.2) is 142 Å². The van der Waals surface area contributed by atoms with Crippen molar-refractivity contribution < 1.29 is 33.2 Å². The molecule has 0 aliphatic carbocycles. The number of likely N-dealkylation sites (N-methyl/N-ethyl adjacent to an activating group) is 2. The van der Waals surface area contributed by atoms with Crippen LogP contribution in [-0.2, 0) is 23.7 Å². The molecule has 0 aromatic carbocycles. The van der Waals surface area contributed by atoms with Crippen molar-refractivity contribution in [3.05, 3.63) is 28.8 Å². The van der Waals surface area contributed by atoms with Gasteiger partial charge in [0.25, 0.3) is 5.88 Å². The minimum Gasteiger partial charge on any atom is -0.474 e. The van der Waals surface area contributed by atoms with Gasteiger partial charge in [-0.3, -0.25) is 0 Å². The molecule has 2 aromatic rings. The first-order valence-electron chi connectivity index (χ1n) is 14.9. The van der Waals surface area contributed by atoms with Crippen molar-refractivity contribution in [2.45, 2.75) is 12.8 Å². The largest absolute Gasteiger partial charge is 0.474 e. The first-order chi connectivity index (χ1) is 21.2. The molecule has 0 spiro atoms. The number of rotatable bonds is 22. The maximum atomic E-state index is 5.85. The van der Waals surface area contributed by atoms with Crippen molar-refractivity contribution in [1.82, 2.24) is 22.9 Å². The van der Waals surface area contributed by atoms with Gasteiger partial charge in [-0.05, 0) is 49.6 Å². The van der Waals surface area contributed by atoms with E-state index in [0.717, 1.165) is 50.3 Å². The molecule has 0 N–H and O–H groups in total. The molecular weight excluding hydrogens is 594 g/mol. The van der Waals surface area contributed by atoms with Gasteiger partial charge in [-0.2, -0.15) is 8.75 Å². The summed E-state index contributed by atoms with van der Waals surface area (Å²) in [6.07, 6.45) is 6.58. The van der Waals surface area contributed by atoms with Crippen LogP contribution in [0.2, 0.25) is 0 Å². The lowest BCUT2D eigenvalue weighted by molar-refractivity contribution is -0.0142. The smallest absolute Gasteiger partial charge is 0.253 e. The molecule has 0 saturated carbocycles. The highest BCUT2D eigenvalue weighted by Crippen LogP contribution is 2.30. The van der Waals surface area contributed by atoms with Crippen LogP contribution in [0, 0.1) is 0 Å². The minimum atomic E-state index is 0.424. The monoisotopic (exact) mass is 639 g/mol. The maximum Gasteiger partial charge on any atom is 0.253 e. The predicted octanol–water partition coefficient (Wildman–Crippen LogP) is 2.97. The zero-order chi connectivity index (χ0) is 30.0. The van der Waals surface area contributed by atoms with Gasteiger partial charge in [0.05, 0.1) is 83.4 Å². The van der Waals surface area contributed by atoms with Crippen LogP contribution in [0.5, 0.6) is 11.8 Å². The van der Waals surface area contributed by atoms with E-state index in [2.05, 4.69) is 54.5 Å². The quantitative estimate of drug-likeness (QED) is 0.177. The van der Waals surface area contributed by atoms with Gasteiger partial charge >= 0.3 is 0 Å². The number of ether oxygens (including phenoxy) is 7. The van der Waals surface area contributed by atoms with Crippen LogP contribution >= 0.6 is 23.3 Å². The molecule has 0 radical (unpaired) electrons. The molecule has 0 bridgehead atoms. The lowest BCUT2D eigenvalue weighted by Gasteiger charge is -2.22. The molecule has 2 aromatic heterocycles. The number of nitrogens with zero attached hydrogens (tertiary/aromatic N) is 5. The van der Waals surface area contributed by atoms with Crippen LogP contribution in [0.3, 0.4) is 0 Å². The fourth-order valence-corrected chi connectivity index (χ4v) is 5.73. The number of hydrogen-bond acceptors (Lipinski definition) is 14. The van der Waals surface area contributed by atoms with Crippen LogP contribution in [0.15, 0.2) is 17.5 Å². The normalized spacial score (nSPS) is 16.3. The van der Waals surface area contributed by atoms with E-state index in [0.29, 0.717) is 91.0 Å². The van der Waals surface area contributed by atoms with E-state index in [1.807, 2.05) is 0 Å². The van der Waals surface area contributed by atoms with Gasteiger partial charge in [-0.15, -0.1) is 4.37 Å². The van der Waals surface area contributed by atoms with Gasteiger partial charge in [0.15, 0.2) is 0 Å². The van der Waals surface area contributed by atoms with Crippen LogP contribution in [0.4, 0.5) is 0 Å². The lowest BCUT2D eigenvalue weighted by Crippen LogP contribution is -2.25. The summed E-state index contributed by atoms with van der Waals surface area (Å²) in [5, 5.41) is 2.06. The summed E-state index contributed by atoms with van der Waals surface area (Å²) in [6, 6.07) is 0. The average Bonchev–Trinajstić information content (AvgIpc) is 3.68. The second-order valence-corrected chi connectivity index (χ2v) is 11.4. The molecule has 0 amide bonds. The third kappa shape index (κ3) is 12.5. The molecular formula is C29H45N5O7S2. The predicted molar refractivity (Wildman–Crippen MR) is 167 cm³/mol. The molecule has 43 heavy (non-hydrogen) atoms. The molecule has 12 nitrogen and oxygen atoms in total. The van der Waals surface area contributed by atoms with Gasteiger partial charge < -0.3 is 43.0 Å². The highest BCUT2D eigenvalue weighted by atomic mass is 32.1. The zero-order valence-corrected chi connectivity index (χ0v) is 27.0. The van der Waals surface area contributed by atoms with E-state index < -0.39 is 0 Å². The Hall–Kier alpha value is -2.01. The fourth-order valence-electron chi connectivity index (χ4n) is 4.55. The zero-order valence-electron chi connectivity index (χ0n) is 25.4. The molecule has 2 aliphatic rings. The van der Waals surface area contributed by atoms with Gasteiger partial charge in [0.1, 0.15) is 18.9 Å². The van der Waals surface area contributed by atoms with Gasteiger partial charge in [0, 0.05) is 31.6 Å². The summed E-state index contributed by atoms with van der Waals surface area (Å²) in [4.78, 5) is 4.58. The van der Waals surface area contributed by atoms with Crippen molar-refractivity contribution in [1.29, 1.82) is 0 Å². The van der Waals surface area contributed by atoms with Crippen molar-refractivity contribution in [2.24, 2.45) is 0 Å². The topological polar surface area (TPSA) is 110 Å². The summed E-state index contributed by atoms with van der Waals surface area (Å²) in [5.74, 6) is 1.29. The van der Waals surface area contributed by atoms with E-state index in [4.69, 9.17) is 33.2 Å². The molecule has 0 fully saturated rings. The molecule has 14 heteroatoms. The molecule has 4 heterocycles. The van der Waals surface area contributed by atoms with Gasteiger partial charge in [-0.1, -0.05) is 12.2 Å². The standard InChI is InChI=1S/C29H45N5O7S2/c1-33-7-3-5-24(21-33)26-23-42-31-28(26)40-19-17-38-15-13-36-11-9-35-10-12-37-14-16-39-18-20-41-29-27(30-43-32-29)25-6-4-8-34(2)22-25/h5-6,23H,3-4,7-22H2,1-2H3. The number of aromatic nitrogens is 3. The second kappa shape index (κ2) is 20.1. The molecule has 2 aliphatic heterocycles. The maximum absolute atomic E-state index is 5.85. The summed E-state index contributed by atoms with van der Waals surface area (Å²) < 4.78 is 52.6. The molecule has 0 saturated heterocycles. The van der Waals surface area contributed by atoms with Crippen molar-refractivity contribution in [3.8, 4) is 11.8 Å². The third-order valence-electron chi connectivity index (χ3n) is 6.75. The number of hydrogen-bond donors (Lipinski definition) is 0. The summed E-state index contributed by atoms with van der Waals surface area (Å²) in [6.45, 7) is 9.85. The molecule has 0 unspecified atom stereocenters. The van der Waals surface area contributed by atoms with E-state index >= 15 is 0 Å². The summed E-state index contributed by atoms with van der Waals surface area (Å²) >= 11 is 2.60. The van der Waals surface area contributed by atoms with Crippen molar-refractivity contribution in [3.63, 3.8) is 0 Å². The van der Waals surface area contributed by atoms with Crippen molar-refractivity contribution >= 4 is 34.4 Å². The van der Waals surface area contributed by atoms with Crippen LogP contribution < -0.4 is 9.47 Å². The third-order valence-corrected chi connectivity index (χ3v) is 7.87. The van der Waals surface area contributed by atoms with Gasteiger partial charge in [-0.25, -0.2) is 0 Å². The Morgan fingerprint density at radius 2 is 1.09 bits per heavy atom. The summed E-state index contributed by atoms with van der Waals surface area (Å²) in [5.41, 5.74) is 4.41. The van der Waals surface area contributed by atoms with E-state index in [1.165, 1.54) is 34.4 Å². The van der Waals surface area contributed by atoms with E-state index in [9.17, 15) is 0 Å². The Bertz CT molecular complexity index is 1030. The Labute approximate surface area is 263 Å². The first kappa shape index (κ1) is 33.9. The molecule has 240 valence electrons. The first-order valence-corrected chi connectivity index (χ1v) is 16.4. The van der Waals surface area contributed by atoms with Crippen LogP contribution in [0.1, 0.15) is 24.1 Å². The Morgan fingerprint density at radius 1 is 0.605 bits per heavy atom. The van der Waals surface area contributed by atoms with Crippen LogP contribution in [0.25, 0.3) is 11.1 Å². The van der Waals surface area contributed by atoms with E-state index in [-0.39, 0.29) is 0 Å². The highest BCUT2D eigenvalue weighted by molar-refractivity contribution is 7.04. The SMILES string of the molecule is CN1CCC=C(c2csnc2OCCOCCOCCOCCOCCOCCOc2nsnc2C2=CCCN(C)C2)C1. The Kier molecular flexibility index (Phi) is 15.8. The van der Waals surface area contributed by atoms with E-state index in [1.54, 1.807) is 0 Å². The fraction of sp³-hybridized carbons (Fsp3) is 0.690. The minimum absolute atomic E-state index is 0.424. The molecule has 4 rings (SSSR count). The highest BCUT2D eigenvalue weighted by Gasteiger charge is 2.19. The average molecular weight is 640 g/mol. The van der Waals surface area contributed by atoms with Gasteiger partial charge in [0.2, 0.25) is 5.88 Å². The second-order valence-electron chi connectivity index (χ2n) is 10.2. The van der Waals surface area contributed by atoms with Crippen molar-refractivity contribution in [2.75, 3.05) is 120 Å². The Balaban J connectivity index is 0.885.